The van der Waals surface area contributed by atoms with Gasteiger partial charge >= 0.3 is 5.97 Å². The summed E-state index contributed by atoms with van der Waals surface area (Å²) < 4.78 is 22.5. The molecule has 6 nitrogen and oxygen atoms in total. The van der Waals surface area contributed by atoms with Crippen molar-refractivity contribution in [3.8, 4) is 5.75 Å². The first kappa shape index (κ1) is 22.3. The third-order valence-corrected chi connectivity index (χ3v) is 5.14. The molecule has 3 atom stereocenters. The molecular weight excluding hydrogens is 384 g/mol. The van der Waals surface area contributed by atoms with Crippen molar-refractivity contribution in [3.05, 3.63) is 66.3 Å². The summed E-state index contributed by atoms with van der Waals surface area (Å²) in [5, 5.41) is 10.3. The molecule has 6 heteroatoms. The summed E-state index contributed by atoms with van der Waals surface area (Å²) >= 11 is 0. The van der Waals surface area contributed by atoms with Gasteiger partial charge in [0.15, 0.2) is 0 Å². The smallest absolute Gasteiger partial charge is 0.330 e. The van der Waals surface area contributed by atoms with Gasteiger partial charge in [-0.25, -0.2) is 4.79 Å². The van der Waals surface area contributed by atoms with Crippen molar-refractivity contribution in [1.82, 2.24) is 0 Å². The topological polar surface area (TPSA) is 77.5 Å². The van der Waals surface area contributed by atoms with E-state index in [0.717, 1.165) is 24.0 Å². The summed E-state index contributed by atoms with van der Waals surface area (Å²) in [4.78, 5) is 11.2. The summed E-state index contributed by atoms with van der Waals surface area (Å²) in [6.07, 6.45) is 7.12. The molecule has 0 bridgehead atoms. The van der Waals surface area contributed by atoms with E-state index < -0.39 is 17.7 Å². The maximum Gasteiger partial charge on any atom is 0.330 e. The average Bonchev–Trinajstić information content (AvgIpc) is 3.59. The molecule has 1 aliphatic heterocycles. The number of epoxide rings is 1. The van der Waals surface area contributed by atoms with Gasteiger partial charge in [-0.15, -0.1) is 0 Å². The molecule has 0 aromatic heterocycles. The maximum absolute atomic E-state index is 11.2. The molecule has 3 unspecified atom stereocenters. The molecule has 3 rings (SSSR count). The van der Waals surface area contributed by atoms with Crippen LogP contribution in [-0.4, -0.2) is 49.7 Å². The first-order chi connectivity index (χ1) is 14.4. The predicted octanol–water partition coefficient (Wildman–Crippen LogP) is 3.31. The van der Waals surface area contributed by atoms with Crippen LogP contribution in [0.15, 0.2) is 60.7 Å². The molecule has 1 aromatic carbocycles. The van der Waals surface area contributed by atoms with Crippen LogP contribution in [-0.2, 0) is 24.6 Å². The Morgan fingerprint density at radius 1 is 1.37 bits per heavy atom. The number of carbonyl (C=O) groups is 1. The first-order valence-electron chi connectivity index (χ1n) is 10.3. The van der Waals surface area contributed by atoms with Crippen molar-refractivity contribution in [2.45, 2.75) is 38.1 Å². The molecule has 0 amide bonds. The first-order valence-corrected chi connectivity index (χ1v) is 10.3. The summed E-state index contributed by atoms with van der Waals surface area (Å²) in [5.74, 6) is 0.556. The molecule has 0 saturated carbocycles. The molecule has 1 aromatic rings. The second kappa shape index (κ2) is 10.1. The van der Waals surface area contributed by atoms with Crippen LogP contribution >= 0.6 is 0 Å². The molecule has 1 fully saturated rings. The normalized spacial score (nSPS) is 23.6. The monoisotopic (exact) mass is 414 g/mol. The second-order valence-electron chi connectivity index (χ2n) is 7.85. The van der Waals surface area contributed by atoms with Crippen LogP contribution in [0.25, 0.3) is 0 Å². The number of carbonyl (C=O) groups excluding carboxylic acids is 1. The van der Waals surface area contributed by atoms with Gasteiger partial charge in [-0.05, 0) is 23.6 Å². The summed E-state index contributed by atoms with van der Waals surface area (Å²) in [7, 11) is 0. The van der Waals surface area contributed by atoms with Crippen molar-refractivity contribution in [2.75, 3.05) is 26.4 Å². The summed E-state index contributed by atoms with van der Waals surface area (Å²) in [5.41, 5.74) is 1.33. The standard InChI is InChI=1S/C24H30O6/c1-4-23(26)29-13-19(25)14-30-24(11-9-18(10-12-24)17(2)3)21-7-5-6-8-22(21)28-16-20-15-27-20/h4-11,17,19-20,25H,1,12-16H2,2-3H3. The van der Waals surface area contributed by atoms with Crippen LogP contribution in [0.4, 0.5) is 0 Å². The second-order valence-corrected chi connectivity index (χ2v) is 7.85. The fraction of sp³-hybridized carbons (Fsp3) is 0.458. The highest BCUT2D eigenvalue weighted by Crippen LogP contribution is 2.41. The molecule has 1 saturated heterocycles. The number of hydrogen-bond acceptors (Lipinski definition) is 6. The van der Waals surface area contributed by atoms with E-state index in [1.165, 1.54) is 5.57 Å². The lowest BCUT2D eigenvalue weighted by atomic mass is 9.82. The average molecular weight is 414 g/mol. The maximum atomic E-state index is 11.2. The lowest BCUT2D eigenvalue weighted by Gasteiger charge is -2.35. The number of ether oxygens (including phenoxy) is 4. The minimum atomic E-state index is -0.956. The minimum Gasteiger partial charge on any atom is -0.490 e. The van der Waals surface area contributed by atoms with Gasteiger partial charge in [-0.1, -0.05) is 50.8 Å². The van der Waals surface area contributed by atoms with E-state index in [-0.39, 0.29) is 19.3 Å². The van der Waals surface area contributed by atoms with E-state index in [4.69, 9.17) is 18.9 Å². The fourth-order valence-corrected chi connectivity index (χ4v) is 3.27. The van der Waals surface area contributed by atoms with E-state index in [2.05, 4.69) is 32.6 Å². The van der Waals surface area contributed by atoms with E-state index in [1.54, 1.807) is 0 Å². The number of hydrogen-bond donors (Lipinski definition) is 1. The van der Waals surface area contributed by atoms with Gasteiger partial charge in [0.2, 0.25) is 0 Å². The highest BCUT2D eigenvalue weighted by molar-refractivity contribution is 5.81. The van der Waals surface area contributed by atoms with Crippen molar-refractivity contribution < 1.29 is 28.8 Å². The van der Waals surface area contributed by atoms with Crippen molar-refractivity contribution in [2.24, 2.45) is 5.92 Å². The molecule has 1 aliphatic carbocycles. The third-order valence-electron chi connectivity index (χ3n) is 5.14. The Morgan fingerprint density at radius 3 is 2.77 bits per heavy atom. The summed E-state index contributed by atoms with van der Waals surface area (Å²) in [6.45, 7) is 8.70. The Morgan fingerprint density at radius 2 is 2.13 bits per heavy atom. The van der Waals surface area contributed by atoms with Gasteiger partial charge in [0.05, 0.1) is 13.2 Å². The molecule has 30 heavy (non-hydrogen) atoms. The number of aliphatic hydroxyl groups is 1. The molecule has 1 heterocycles. The fourth-order valence-electron chi connectivity index (χ4n) is 3.27. The minimum absolute atomic E-state index is 0.000312. The molecule has 0 radical (unpaired) electrons. The number of aliphatic hydroxyl groups excluding tert-OH is 1. The Balaban J connectivity index is 1.78. The lowest BCUT2D eigenvalue weighted by molar-refractivity contribution is -0.143. The van der Waals surface area contributed by atoms with Crippen LogP contribution in [0.2, 0.25) is 0 Å². The summed E-state index contributed by atoms with van der Waals surface area (Å²) in [6, 6.07) is 7.76. The number of rotatable bonds is 11. The van der Waals surface area contributed by atoms with Crippen LogP contribution in [0.3, 0.4) is 0 Å². The van der Waals surface area contributed by atoms with E-state index >= 15 is 0 Å². The van der Waals surface area contributed by atoms with Crippen LogP contribution < -0.4 is 4.74 Å². The number of benzene rings is 1. The van der Waals surface area contributed by atoms with Gasteiger partial charge < -0.3 is 24.1 Å². The van der Waals surface area contributed by atoms with Gasteiger partial charge in [-0.2, -0.15) is 0 Å². The van der Waals surface area contributed by atoms with Crippen LogP contribution in [0.1, 0.15) is 25.8 Å². The Labute approximate surface area is 177 Å². The van der Waals surface area contributed by atoms with Crippen molar-refractivity contribution in [3.63, 3.8) is 0 Å². The van der Waals surface area contributed by atoms with Crippen molar-refractivity contribution in [1.29, 1.82) is 0 Å². The van der Waals surface area contributed by atoms with E-state index in [9.17, 15) is 9.90 Å². The van der Waals surface area contributed by atoms with Gasteiger partial charge in [0.1, 0.15) is 36.8 Å². The Kier molecular flexibility index (Phi) is 7.48. The highest BCUT2D eigenvalue weighted by atomic mass is 16.6. The molecule has 2 aliphatic rings. The van der Waals surface area contributed by atoms with Gasteiger partial charge in [-0.3, -0.25) is 0 Å². The van der Waals surface area contributed by atoms with Crippen LogP contribution in [0, 0.1) is 5.92 Å². The van der Waals surface area contributed by atoms with E-state index in [0.29, 0.717) is 18.9 Å². The zero-order valence-corrected chi connectivity index (χ0v) is 17.6. The van der Waals surface area contributed by atoms with Gasteiger partial charge in [0.25, 0.3) is 0 Å². The van der Waals surface area contributed by atoms with E-state index in [1.807, 2.05) is 30.3 Å². The van der Waals surface area contributed by atoms with Gasteiger partial charge in [0, 0.05) is 18.1 Å². The van der Waals surface area contributed by atoms with Crippen molar-refractivity contribution >= 4 is 5.97 Å². The Hall–Kier alpha value is -2.41. The largest absolute Gasteiger partial charge is 0.490 e. The Bertz CT molecular complexity index is 808. The zero-order chi connectivity index (χ0) is 21.6. The third kappa shape index (κ3) is 5.81. The van der Waals surface area contributed by atoms with Crippen LogP contribution in [0.5, 0.6) is 5.75 Å². The highest BCUT2D eigenvalue weighted by Gasteiger charge is 2.36. The lowest BCUT2D eigenvalue weighted by Crippen LogP contribution is -2.34. The predicted molar refractivity (Wildman–Crippen MR) is 113 cm³/mol. The molecular formula is C24H30O6. The molecule has 162 valence electrons. The molecule has 0 spiro atoms. The quantitative estimate of drug-likeness (QED) is 0.340. The number of para-hydroxylation sites is 1. The number of esters is 1. The number of allylic oxidation sites excluding steroid dienone is 2. The zero-order valence-electron chi connectivity index (χ0n) is 17.6. The SMILES string of the molecule is C=CC(=O)OCC(O)COC1(c2ccccc2OCC2CO2)C=CC(C(C)C)=CC1. The molecule has 1 N–H and O–H groups in total.